The first-order valence-corrected chi connectivity index (χ1v) is 10.1. The molecule has 2 unspecified atom stereocenters. The minimum absolute atomic E-state index is 0.106. The largest absolute Gasteiger partial charge is 0.338 e. The molecule has 1 aromatic rings. The van der Waals surface area contributed by atoms with Gasteiger partial charge in [0.2, 0.25) is 0 Å². The normalized spacial score (nSPS) is 25.3. The van der Waals surface area contributed by atoms with Crippen molar-refractivity contribution in [3.05, 3.63) is 18.2 Å². The average Bonchev–Trinajstić information content (AvgIpc) is 3.09. The number of hydrogen-bond donors (Lipinski definition) is 1. The molecule has 0 aliphatic carbocycles. The van der Waals surface area contributed by atoms with Gasteiger partial charge in [-0.3, -0.25) is 0 Å². The fraction of sp³-hybridized carbons (Fsp3) is 0.765. The highest BCUT2D eigenvalue weighted by Crippen LogP contribution is 2.31. The number of carbonyl (C=O) groups is 1. The molecule has 0 spiro atoms. The van der Waals surface area contributed by atoms with Gasteiger partial charge in [0, 0.05) is 19.6 Å². The Hall–Kier alpha value is -1.17. The molecule has 5 nitrogen and oxygen atoms in total. The third-order valence-corrected chi connectivity index (χ3v) is 6.27. The third-order valence-electron chi connectivity index (χ3n) is 4.99. The molecule has 2 atom stereocenters. The van der Waals surface area contributed by atoms with E-state index in [0.29, 0.717) is 5.92 Å². The van der Waals surface area contributed by atoms with Crippen molar-refractivity contribution in [2.75, 3.05) is 24.6 Å². The summed E-state index contributed by atoms with van der Waals surface area (Å²) < 4.78 is 2.16. The van der Waals surface area contributed by atoms with E-state index in [9.17, 15) is 4.79 Å². The molecule has 0 radical (unpaired) electrons. The number of nitrogens with zero attached hydrogens (tertiary/aromatic N) is 3. The summed E-state index contributed by atoms with van der Waals surface area (Å²) in [5.41, 5.74) is 1.18. The Balaban J connectivity index is 1.62. The molecule has 2 aliphatic rings. The van der Waals surface area contributed by atoms with E-state index >= 15 is 0 Å². The van der Waals surface area contributed by atoms with Gasteiger partial charge in [-0.2, -0.15) is 11.8 Å². The number of thioether (sulfide) groups is 1. The maximum Gasteiger partial charge on any atom is 0.317 e. The monoisotopic (exact) mass is 336 g/mol. The van der Waals surface area contributed by atoms with Crippen LogP contribution in [-0.4, -0.2) is 45.1 Å². The number of aryl methyl sites for hydroxylation is 1. The number of piperidine rings is 1. The number of carbonyl (C=O) groups excluding carboxylic acids is 1. The zero-order valence-corrected chi connectivity index (χ0v) is 14.9. The molecule has 128 valence electrons. The number of nitrogens with one attached hydrogen (secondary N) is 1. The van der Waals surface area contributed by atoms with Gasteiger partial charge in [0.1, 0.15) is 0 Å². The molecule has 2 fully saturated rings. The van der Waals surface area contributed by atoms with Crippen LogP contribution in [0.25, 0.3) is 0 Å². The minimum Gasteiger partial charge on any atom is -0.338 e. The lowest BCUT2D eigenvalue weighted by Gasteiger charge is -2.36. The van der Waals surface area contributed by atoms with Crippen molar-refractivity contribution < 1.29 is 4.79 Å². The van der Waals surface area contributed by atoms with Crippen LogP contribution in [0, 0.1) is 5.92 Å². The van der Waals surface area contributed by atoms with Crippen molar-refractivity contribution in [1.82, 2.24) is 19.8 Å². The van der Waals surface area contributed by atoms with E-state index < -0.39 is 0 Å². The summed E-state index contributed by atoms with van der Waals surface area (Å²) in [6, 6.07) is 0.279. The summed E-state index contributed by atoms with van der Waals surface area (Å²) >= 11 is 2.02. The molecule has 2 aliphatic heterocycles. The van der Waals surface area contributed by atoms with Crippen LogP contribution < -0.4 is 5.32 Å². The van der Waals surface area contributed by atoms with Gasteiger partial charge in [-0.15, -0.1) is 0 Å². The average molecular weight is 337 g/mol. The highest BCUT2D eigenvalue weighted by atomic mass is 32.2. The minimum atomic E-state index is 0.106. The number of urea groups is 1. The fourth-order valence-electron chi connectivity index (χ4n) is 3.66. The van der Waals surface area contributed by atoms with Gasteiger partial charge in [0.05, 0.1) is 24.3 Å². The summed E-state index contributed by atoms with van der Waals surface area (Å²) in [6.07, 6.45) is 9.66. The first-order chi connectivity index (χ1) is 11.3. The predicted octanol–water partition coefficient (Wildman–Crippen LogP) is 3.28. The predicted molar refractivity (Wildman–Crippen MR) is 94.6 cm³/mol. The Morgan fingerprint density at radius 2 is 2.30 bits per heavy atom. The molecule has 2 amide bonds. The molecule has 3 heterocycles. The topological polar surface area (TPSA) is 50.2 Å². The van der Waals surface area contributed by atoms with Crippen molar-refractivity contribution in [1.29, 1.82) is 0 Å². The zero-order chi connectivity index (χ0) is 16.1. The Morgan fingerprint density at radius 3 is 3.09 bits per heavy atom. The van der Waals surface area contributed by atoms with E-state index in [1.54, 1.807) is 0 Å². The molecule has 23 heavy (non-hydrogen) atoms. The second-order valence-corrected chi connectivity index (χ2v) is 7.73. The van der Waals surface area contributed by atoms with Crippen LogP contribution >= 0.6 is 11.8 Å². The lowest BCUT2D eigenvalue weighted by atomic mass is 10.00. The maximum absolute atomic E-state index is 12.7. The van der Waals surface area contributed by atoms with Gasteiger partial charge in [0.25, 0.3) is 0 Å². The van der Waals surface area contributed by atoms with Gasteiger partial charge >= 0.3 is 6.03 Å². The van der Waals surface area contributed by atoms with Crippen molar-refractivity contribution in [2.24, 2.45) is 5.92 Å². The van der Waals surface area contributed by atoms with Crippen LogP contribution in [0.4, 0.5) is 4.79 Å². The van der Waals surface area contributed by atoms with Gasteiger partial charge in [0.15, 0.2) is 0 Å². The first kappa shape index (κ1) is 16.7. The molecular weight excluding hydrogens is 308 g/mol. The van der Waals surface area contributed by atoms with Crippen LogP contribution in [0.1, 0.15) is 50.8 Å². The van der Waals surface area contributed by atoms with Crippen LogP contribution in [0.15, 0.2) is 12.5 Å². The number of hydrogen-bond acceptors (Lipinski definition) is 3. The van der Waals surface area contributed by atoms with E-state index in [2.05, 4.69) is 21.8 Å². The maximum atomic E-state index is 12.7. The number of aromatic nitrogens is 2. The molecule has 1 N–H and O–H groups in total. The second kappa shape index (κ2) is 8.08. The molecule has 2 saturated heterocycles. The van der Waals surface area contributed by atoms with Crippen molar-refractivity contribution in [3.8, 4) is 0 Å². The summed E-state index contributed by atoms with van der Waals surface area (Å²) in [5, 5.41) is 3.20. The highest BCUT2D eigenvalue weighted by Gasteiger charge is 2.30. The summed E-state index contributed by atoms with van der Waals surface area (Å²) in [4.78, 5) is 19.0. The second-order valence-electron chi connectivity index (χ2n) is 6.58. The standard InChI is InChI=1S/C17H28N4OS/c1-2-20-13-18-11-16(20)15-7-3-4-8-21(15)17(22)19-10-14-6-5-9-23-12-14/h11,13-15H,2-10,12H2,1H3,(H,19,22). The molecule has 0 aromatic carbocycles. The smallest absolute Gasteiger partial charge is 0.317 e. The van der Waals surface area contributed by atoms with Gasteiger partial charge in [-0.25, -0.2) is 9.78 Å². The molecular formula is C17H28N4OS. The fourth-order valence-corrected chi connectivity index (χ4v) is 4.81. The lowest BCUT2D eigenvalue weighted by molar-refractivity contribution is 0.146. The Morgan fingerprint density at radius 1 is 1.39 bits per heavy atom. The molecule has 0 bridgehead atoms. The van der Waals surface area contributed by atoms with Crippen LogP contribution in [-0.2, 0) is 6.54 Å². The van der Waals surface area contributed by atoms with Crippen molar-refractivity contribution in [2.45, 2.75) is 51.6 Å². The number of imidazole rings is 1. The lowest BCUT2D eigenvalue weighted by Crippen LogP contribution is -2.46. The van der Waals surface area contributed by atoms with Crippen molar-refractivity contribution >= 4 is 17.8 Å². The zero-order valence-electron chi connectivity index (χ0n) is 14.0. The Labute approximate surface area is 143 Å². The summed E-state index contributed by atoms with van der Waals surface area (Å²) in [7, 11) is 0. The highest BCUT2D eigenvalue weighted by molar-refractivity contribution is 7.99. The molecule has 6 heteroatoms. The molecule has 0 saturated carbocycles. The number of amides is 2. The van der Waals surface area contributed by atoms with Crippen molar-refractivity contribution in [3.63, 3.8) is 0 Å². The van der Waals surface area contributed by atoms with E-state index in [1.165, 1.54) is 36.5 Å². The van der Waals surface area contributed by atoms with Crippen LogP contribution in [0.5, 0.6) is 0 Å². The van der Waals surface area contributed by atoms with E-state index in [-0.39, 0.29) is 12.1 Å². The first-order valence-electron chi connectivity index (χ1n) is 8.91. The third kappa shape index (κ3) is 4.03. The summed E-state index contributed by atoms with van der Waals surface area (Å²) in [6.45, 7) is 4.70. The van der Waals surface area contributed by atoms with E-state index in [0.717, 1.165) is 32.5 Å². The van der Waals surface area contributed by atoms with Gasteiger partial charge in [-0.05, 0) is 56.5 Å². The number of likely N-dealkylation sites (tertiary alicyclic amines) is 1. The molecule has 3 rings (SSSR count). The van der Waals surface area contributed by atoms with Crippen LogP contribution in [0.3, 0.4) is 0 Å². The Kier molecular flexibility index (Phi) is 5.86. The van der Waals surface area contributed by atoms with E-state index in [1.807, 2.05) is 29.2 Å². The SMILES string of the molecule is CCn1cncc1C1CCCCN1C(=O)NCC1CCCSC1. The quantitative estimate of drug-likeness (QED) is 0.918. The summed E-state index contributed by atoms with van der Waals surface area (Å²) in [5.74, 6) is 3.11. The Bertz CT molecular complexity index is 512. The van der Waals surface area contributed by atoms with E-state index in [4.69, 9.17) is 0 Å². The van der Waals surface area contributed by atoms with Gasteiger partial charge in [-0.1, -0.05) is 0 Å². The van der Waals surface area contributed by atoms with Gasteiger partial charge < -0.3 is 14.8 Å². The van der Waals surface area contributed by atoms with Crippen LogP contribution in [0.2, 0.25) is 0 Å². The number of rotatable bonds is 4. The molecule has 1 aromatic heterocycles.